The molecular formula is C15H17N3O2. The van der Waals surface area contributed by atoms with Gasteiger partial charge in [-0.15, -0.1) is 0 Å². The molecule has 5 heteroatoms. The predicted octanol–water partition coefficient (Wildman–Crippen LogP) is 1.21. The topological polar surface area (TPSA) is 69.5 Å². The van der Waals surface area contributed by atoms with E-state index in [-0.39, 0.29) is 12.7 Å². The minimum atomic E-state index is -0.272. The average molecular weight is 271 g/mol. The zero-order valence-corrected chi connectivity index (χ0v) is 11.1. The second-order valence-electron chi connectivity index (χ2n) is 4.99. The molecule has 0 aliphatic carbocycles. The molecule has 0 amide bonds. The van der Waals surface area contributed by atoms with Crippen LogP contribution in [0, 0.1) is 0 Å². The fraction of sp³-hybridized carbons (Fsp3) is 0.333. The predicted molar refractivity (Wildman–Crippen MR) is 76.2 cm³/mol. The summed E-state index contributed by atoms with van der Waals surface area (Å²) in [4.78, 5) is 10.9. The average Bonchev–Trinajstić information content (AvgIpc) is 2.94. The smallest absolute Gasteiger partial charge is 0.161 e. The molecular weight excluding hydrogens is 254 g/mol. The number of hydrogen-bond acceptors (Lipinski definition) is 5. The fourth-order valence-corrected chi connectivity index (χ4v) is 2.42. The van der Waals surface area contributed by atoms with Gasteiger partial charge >= 0.3 is 0 Å². The van der Waals surface area contributed by atoms with Gasteiger partial charge in [0.05, 0.1) is 12.7 Å². The number of nitrogens with zero attached hydrogens (tertiary/aromatic N) is 3. The van der Waals surface area contributed by atoms with E-state index in [1.807, 2.05) is 30.3 Å². The molecule has 1 aromatic carbocycles. The van der Waals surface area contributed by atoms with Crippen LogP contribution in [0.4, 0.5) is 5.82 Å². The van der Waals surface area contributed by atoms with Gasteiger partial charge in [-0.3, -0.25) is 0 Å². The summed E-state index contributed by atoms with van der Waals surface area (Å²) >= 11 is 0. The van der Waals surface area contributed by atoms with Crippen molar-refractivity contribution in [2.24, 2.45) is 0 Å². The number of aliphatic hydroxyl groups excluding tert-OH is 2. The molecule has 2 aromatic rings. The van der Waals surface area contributed by atoms with Crippen molar-refractivity contribution in [1.29, 1.82) is 0 Å². The third kappa shape index (κ3) is 2.64. The van der Waals surface area contributed by atoms with Crippen LogP contribution in [-0.2, 0) is 6.61 Å². The van der Waals surface area contributed by atoms with Crippen molar-refractivity contribution in [2.75, 3.05) is 18.0 Å². The number of benzene rings is 1. The highest BCUT2D eigenvalue weighted by Crippen LogP contribution is 2.22. The summed E-state index contributed by atoms with van der Waals surface area (Å²) in [6, 6.07) is 9.42. The molecule has 0 saturated carbocycles. The standard InChI is InChI=1S/C15H17N3O2/c19-10-11-2-1-3-12(8-11)15-16-6-4-14(17-15)18-7-5-13(20)9-18/h1-4,6,8,13,19-20H,5,7,9-10H2. The molecule has 3 rings (SSSR count). The van der Waals surface area contributed by atoms with Crippen molar-refractivity contribution < 1.29 is 10.2 Å². The summed E-state index contributed by atoms with van der Waals surface area (Å²) in [5, 5.41) is 18.8. The van der Waals surface area contributed by atoms with E-state index in [0.717, 1.165) is 29.9 Å². The maximum atomic E-state index is 9.60. The molecule has 2 heterocycles. The monoisotopic (exact) mass is 271 g/mol. The van der Waals surface area contributed by atoms with Gasteiger partial charge in [0.15, 0.2) is 5.82 Å². The van der Waals surface area contributed by atoms with Crippen molar-refractivity contribution in [3.63, 3.8) is 0 Å². The minimum absolute atomic E-state index is 0.00580. The van der Waals surface area contributed by atoms with Gasteiger partial charge in [0.2, 0.25) is 0 Å². The van der Waals surface area contributed by atoms with E-state index in [2.05, 4.69) is 14.9 Å². The first-order valence-electron chi connectivity index (χ1n) is 6.72. The van der Waals surface area contributed by atoms with Gasteiger partial charge < -0.3 is 15.1 Å². The van der Waals surface area contributed by atoms with Crippen LogP contribution >= 0.6 is 0 Å². The van der Waals surface area contributed by atoms with Gasteiger partial charge in [-0.25, -0.2) is 9.97 Å². The highest BCUT2D eigenvalue weighted by molar-refractivity contribution is 5.58. The van der Waals surface area contributed by atoms with E-state index in [4.69, 9.17) is 0 Å². The van der Waals surface area contributed by atoms with Gasteiger partial charge in [0.1, 0.15) is 5.82 Å². The molecule has 1 unspecified atom stereocenters. The fourth-order valence-electron chi connectivity index (χ4n) is 2.42. The van der Waals surface area contributed by atoms with Gasteiger partial charge in [-0.1, -0.05) is 18.2 Å². The first kappa shape index (κ1) is 13.0. The number of β-amino-alcohol motifs (C(OH)–C–C–N with tert-alkyl or cyclic N) is 1. The van der Waals surface area contributed by atoms with Crippen LogP contribution in [0.15, 0.2) is 36.5 Å². The first-order chi connectivity index (χ1) is 9.76. The van der Waals surface area contributed by atoms with E-state index >= 15 is 0 Å². The summed E-state index contributed by atoms with van der Waals surface area (Å²) in [6.45, 7) is 1.44. The maximum absolute atomic E-state index is 9.60. The molecule has 1 aromatic heterocycles. The number of rotatable bonds is 3. The molecule has 0 radical (unpaired) electrons. The zero-order valence-electron chi connectivity index (χ0n) is 11.1. The first-order valence-corrected chi connectivity index (χ1v) is 6.72. The van der Waals surface area contributed by atoms with Gasteiger partial charge in [-0.05, 0) is 24.1 Å². The van der Waals surface area contributed by atoms with Crippen LogP contribution in [0.5, 0.6) is 0 Å². The number of hydrogen-bond donors (Lipinski definition) is 2. The second-order valence-corrected chi connectivity index (χ2v) is 4.99. The molecule has 0 spiro atoms. The Morgan fingerprint density at radius 1 is 1.30 bits per heavy atom. The number of anilines is 1. The molecule has 1 atom stereocenters. The van der Waals surface area contributed by atoms with Crippen LogP contribution in [0.2, 0.25) is 0 Å². The zero-order chi connectivity index (χ0) is 13.9. The van der Waals surface area contributed by atoms with Gasteiger partial charge in [0, 0.05) is 24.8 Å². The maximum Gasteiger partial charge on any atom is 0.161 e. The van der Waals surface area contributed by atoms with Crippen molar-refractivity contribution in [3.05, 3.63) is 42.1 Å². The Labute approximate surface area is 117 Å². The quantitative estimate of drug-likeness (QED) is 0.878. The third-order valence-electron chi connectivity index (χ3n) is 3.50. The summed E-state index contributed by atoms with van der Waals surface area (Å²) in [7, 11) is 0. The SMILES string of the molecule is OCc1cccc(-c2nccc(N3CCC(O)C3)n2)c1. The number of aliphatic hydroxyl groups is 2. The molecule has 104 valence electrons. The van der Waals surface area contributed by atoms with Crippen molar-refractivity contribution in [2.45, 2.75) is 19.1 Å². The molecule has 20 heavy (non-hydrogen) atoms. The van der Waals surface area contributed by atoms with Crippen molar-refractivity contribution in [3.8, 4) is 11.4 Å². The van der Waals surface area contributed by atoms with E-state index in [1.165, 1.54) is 0 Å². The van der Waals surface area contributed by atoms with Crippen molar-refractivity contribution in [1.82, 2.24) is 9.97 Å². The Hall–Kier alpha value is -1.98. The highest BCUT2D eigenvalue weighted by Gasteiger charge is 2.21. The Morgan fingerprint density at radius 2 is 2.20 bits per heavy atom. The Bertz CT molecular complexity index is 603. The van der Waals surface area contributed by atoms with E-state index in [0.29, 0.717) is 12.4 Å². The largest absolute Gasteiger partial charge is 0.392 e. The van der Waals surface area contributed by atoms with Gasteiger partial charge in [0.25, 0.3) is 0 Å². The molecule has 2 N–H and O–H groups in total. The van der Waals surface area contributed by atoms with Crippen molar-refractivity contribution >= 4 is 5.82 Å². The Balaban J connectivity index is 1.90. The summed E-state index contributed by atoms with van der Waals surface area (Å²) in [5.41, 5.74) is 1.73. The lowest BCUT2D eigenvalue weighted by molar-refractivity contribution is 0.198. The lowest BCUT2D eigenvalue weighted by atomic mass is 10.1. The summed E-state index contributed by atoms with van der Waals surface area (Å²) in [5.74, 6) is 1.47. The van der Waals surface area contributed by atoms with E-state index < -0.39 is 0 Å². The molecule has 1 aliphatic rings. The lowest BCUT2D eigenvalue weighted by Crippen LogP contribution is -2.22. The lowest BCUT2D eigenvalue weighted by Gasteiger charge is -2.16. The Morgan fingerprint density at radius 3 is 2.95 bits per heavy atom. The van der Waals surface area contributed by atoms with E-state index in [9.17, 15) is 10.2 Å². The van der Waals surface area contributed by atoms with Crippen LogP contribution in [-0.4, -0.2) is 39.4 Å². The van der Waals surface area contributed by atoms with Crippen LogP contribution in [0.25, 0.3) is 11.4 Å². The summed E-state index contributed by atoms with van der Waals surface area (Å²) in [6.07, 6.45) is 2.24. The molecule has 1 aliphatic heterocycles. The van der Waals surface area contributed by atoms with Crippen LogP contribution in [0.3, 0.4) is 0 Å². The van der Waals surface area contributed by atoms with Crippen LogP contribution < -0.4 is 4.90 Å². The normalized spacial score (nSPS) is 18.5. The minimum Gasteiger partial charge on any atom is -0.392 e. The third-order valence-corrected chi connectivity index (χ3v) is 3.50. The van der Waals surface area contributed by atoms with Gasteiger partial charge in [-0.2, -0.15) is 0 Å². The summed E-state index contributed by atoms with van der Waals surface area (Å²) < 4.78 is 0. The van der Waals surface area contributed by atoms with Crippen LogP contribution in [0.1, 0.15) is 12.0 Å². The second kappa shape index (κ2) is 5.56. The Kier molecular flexibility index (Phi) is 3.62. The number of aromatic nitrogens is 2. The van der Waals surface area contributed by atoms with E-state index in [1.54, 1.807) is 6.20 Å². The molecule has 5 nitrogen and oxygen atoms in total. The molecule has 1 fully saturated rings. The molecule has 0 bridgehead atoms. The molecule has 1 saturated heterocycles. The highest BCUT2D eigenvalue weighted by atomic mass is 16.3.